The molecule has 0 radical (unpaired) electrons. The van der Waals surface area contributed by atoms with Crippen molar-refractivity contribution < 1.29 is 34.3 Å². The zero-order valence-corrected chi connectivity index (χ0v) is 19.5. The number of phenolic OH excluding ortho intramolecular Hbond substituents is 2. The summed E-state index contributed by atoms with van der Waals surface area (Å²) in [7, 11) is 3.01. The van der Waals surface area contributed by atoms with Gasteiger partial charge in [0.2, 0.25) is 5.75 Å². The maximum Gasteiger partial charge on any atom is 0.200 e. The zero-order chi connectivity index (χ0) is 23.8. The van der Waals surface area contributed by atoms with E-state index in [4.69, 9.17) is 18.9 Å². The van der Waals surface area contributed by atoms with Gasteiger partial charge in [-0.2, -0.15) is 0 Å². The molecule has 0 amide bonds. The number of benzene rings is 2. The van der Waals surface area contributed by atoms with Gasteiger partial charge in [-0.25, -0.2) is 0 Å². The van der Waals surface area contributed by atoms with E-state index < -0.39 is 6.10 Å². The topological polar surface area (TPSA) is 110 Å². The Hall–Kier alpha value is -2.68. The highest BCUT2D eigenvalue weighted by Crippen LogP contribution is 2.42. The molecule has 1 saturated heterocycles. The number of rotatable bonds is 11. The van der Waals surface area contributed by atoms with Crippen LogP contribution in [0.15, 0.2) is 30.3 Å². The largest absolute Gasteiger partial charge is 0.504 e. The second kappa shape index (κ2) is 12.0. The highest BCUT2D eigenvalue weighted by molar-refractivity contribution is 5.53. The molecule has 2 aromatic rings. The van der Waals surface area contributed by atoms with E-state index in [1.54, 1.807) is 18.2 Å². The first-order chi connectivity index (χ1) is 15.9. The molecule has 1 fully saturated rings. The van der Waals surface area contributed by atoms with Gasteiger partial charge in [-0.15, -0.1) is 0 Å². The number of aryl methyl sites for hydroxylation is 1. The van der Waals surface area contributed by atoms with Gasteiger partial charge in [0.15, 0.2) is 23.0 Å². The Morgan fingerprint density at radius 2 is 1.79 bits per heavy atom. The SMILES string of the molecule is CCNCCOc1cc([C@H]2C[C@@H](O)C[C@H](CCc3ccc(O)c(OC)c3)O2)cc(OC)c1O. The lowest BCUT2D eigenvalue weighted by Gasteiger charge is -2.34. The lowest BCUT2D eigenvalue weighted by atomic mass is 9.93. The Balaban J connectivity index is 1.70. The molecule has 8 nitrogen and oxygen atoms in total. The number of ether oxygens (including phenoxy) is 4. The summed E-state index contributed by atoms with van der Waals surface area (Å²) in [6.07, 6.45) is 1.44. The number of phenols is 2. The molecule has 3 rings (SSSR count). The van der Waals surface area contributed by atoms with Crippen LogP contribution in [-0.4, -0.2) is 61.4 Å². The summed E-state index contributed by atoms with van der Waals surface area (Å²) in [6, 6.07) is 8.78. The Morgan fingerprint density at radius 3 is 2.52 bits per heavy atom. The minimum absolute atomic E-state index is 0.0491. The van der Waals surface area contributed by atoms with Crippen LogP contribution in [0.25, 0.3) is 0 Å². The first-order valence-corrected chi connectivity index (χ1v) is 11.4. The van der Waals surface area contributed by atoms with Gasteiger partial charge in [-0.3, -0.25) is 0 Å². The van der Waals surface area contributed by atoms with Gasteiger partial charge < -0.3 is 39.6 Å². The van der Waals surface area contributed by atoms with Crippen LogP contribution < -0.4 is 19.5 Å². The normalized spacial score (nSPS) is 20.4. The summed E-state index contributed by atoms with van der Waals surface area (Å²) in [6.45, 7) is 3.92. The number of aliphatic hydroxyl groups excluding tert-OH is 1. The standard InChI is InChI=1S/C25H35NO7/c1-4-26-9-10-32-24-13-17(12-23(31-3)25(24)29)21-15-18(27)14-19(33-21)7-5-16-6-8-20(28)22(11-16)30-2/h6,8,11-13,18-19,21,26-29H,4-5,7,9-10,14-15H2,1-3H3/t18-,19-,21+/m0/s1. The Morgan fingerprint density at radius 1 is 1.03 bits per heavy atom. The smallest absolute Gasteiger partial charge is 0.200 e. The van der Waals surface area contributed by atoms with Crippen LogP contribution in [0, 0.1) is 0 Å². The third-order valence-electron chi connectivity index (χ3n) is 5.82. The Bertz CT molecular complexity index is 905. The fraction of sp³-hybridized carbons (Fsp3) is 0.520. The molecule has 1 aliphatic rings. The maximum atomic E-state index is 10.5. The van der Waals surface area contributed by atoms with Crippen LogP contribution >= 0.6 is 0 Å². The molecule has 0 spiro atoms. The predicted molar refractivity (Wildman–Crippen MR) is 125 cm³/mol. The fourth-order valence-electron chi connectivity index (χ4n) is 4.06. The number of hydrogen-bond donors (Lipinski definition) is 4. The highest BCUT2D eigenvalue weighted by atomic mass is 16.5. The first kappa shape index (κ1) is 25.0. The lowest BCUT2D eigenvalue weighted by molar-refractivity contribution is -0.0999. The molecule has 1 heterocycles. The quantitative estimate of drug-likeness (QED) is 0.378. The average Bonchev–Trinajstić information content (AvgIpc) is 2.81. The molecule has 0 aliphatic carbocycles. The van der Waals surface area contributed by atoms with Gasteiger partial charge in [0.1, 0.15) is 6.61 Å². The van der Waals surface area contributed by atoms with Crippen molar-refractivity contribution in [3.63, 3.8) is 0 Å². The van der Waals surface area contributed by atoms with E-state index in [0.717, 1.165) is 24.1 Å². The molecule has 2 aromatic carbocycles. The minimum Gasteiger partial charge on any atom is -0.504 e. The number of aliphatic hydroxyl groups is 1. The fourth-order valence-corrected chi connectivity index (χ4v) is 4.06. The van der Waals surface area contributed by atoms with Crippen LogP contribution in [0.2, 0.25) is 0 Å². The van der Waals surface area contributed by atoms with Gasteiger partial charge in [-0.05, 0) is 61.2 Å². The van der Waals surface area contributed by atoms with E-state index in [0.29, 0.717) is 49.7 Å². The second-order valence-corrected chi connectivity index (χ2v) is 8.19. The van der Waals surface area contributed by atoms with Crippen molar-refractivity contribution in [1.82, 2.24) is 5.32 Å². The summed E-state index contributed by atoms with van der Waals surface area (Å²) in [5, 5.41) is 33.9. The molecule has 0 unspecified atom stereocenters. The van der Waals surface area contributed by atoms with E-state index in [1.807, 2.05) is 19.1 Å². The second-order valence-electron chi connectivity index (χ2n) is 8.19. The third kappa shape index (κ3) is 6.66. The predicted octanol–water partition coefficient (Wildman–Crippen LogP) is 3.32. The van der Waals surface area contributed by atoms with Crippen LogP contribution in [0.1, 0.15) is 43.4 Å². The molecule has 0 aromatic heterocycles. The van der Waals surface area contributed by atoms with Crippen LogP contribution in [0.5, 0.6) is 28.7 Å². The molecule has 182 valence electrons. The van der Waals surface area contributed by atoms with Gasteiger partial charge in [0.25, 0.3) is 0 Å². The number of hydrogen-bond acceptors (Lipinski definition) is 8. The number of aromatic hydroxyl groups is 2. The number of likely N-dealkylation sites (N-methyl/N-ethyl adjacent to an activating group) is 1. The number of nitrogens with one attached hydrogen (secondary N) is 1. The van der Waals surface area contributed by atoms with E-state index in [9.17, 15) is 15.3 Å². The summed E-state index contributed by atoms with van der Waals surface area (Å²) in [4.78, 5) is 0. The van der Waals surface area contributed by atoms with Crippen LogP contribution in [-0.2, 0) is 11.2 Å². The first-order valence-electron chi connectivity index (χ1n) is 11.4. The molecule has 1 aliphatic heterocycles. The number of methoxy groups -OCH3 is 2. The van der Waals surface area contributed by atoms with E-state index in [-0.39, 0.29) is 23.7 Å². The van der Waals surface area contributed by atoms with Gasteiger partial charge in [-0.1, -0.05) is 13.0 Å². The van der Waals surface area contributed by atoms with E-state index in [2.05, 4.69) is 5.32 Å². The summed E-state index contributed by atoms with van der Waals surface area (Å²) in [5.74, 6) is 1.14. The lowest BCUT2D eigenvalue weighted by Crippen LogP contribution is -2.31. The van der Waals surface area contributed by atoms with Gasteiger partial charge in [0.05, 0.1) is 32.5 Å². The van der Waals surface area contributed by atoms with Crippen molar-refractivity contribution in [1.29, 1.82) is 0 Å². The van der Waals surface area contributed by atoms with Crippen molar-refractivity contribution in [3.05, 3.63) is 41.5 Å². The van der Waals surface area contributed by atoms with Gasteiger partial charge >= 0.3 is 0 Å². The van der Waals surface area contributed by atoms with Crippen molar-refractivity contribution in [2.24, 2.45) is 0 Å². The monoisotopic (exact) mass is 461 g/mol. The van der Waals surface area contributed by atoms with Crippen molar-refractivity contribution in [3.8, 4) is 28.7 Å². The average molecular weight is 462 g/mol. The van der Waals surface area contributed by atoms with Crippen molar-refractivity contribution in [2.45, 2.75) is 50.9 Å². The molecule has 3 atom stereocenters. The summed E-state index contributed by atoms with van der Waals surface area (Å²) in [5.41, 5.74) is 1.81. The summed E-state index contributed by atoms with van der Waals surface area (Å²) < 4.78 is 22.6. The van der Waals surface area contributed by atoms with E-state index in [1.165, 1.54) is 14.2 Å². The van der Waals surface area contributed by atoms with Crippen molar-refractivity contribution in [2.75, 3.05) is 33.9 Å². The van der Waals surface area contributed by atoms with E-state index >= 15 is 0 Å². The Labute approximate surface area is 195 Å². The molecule has 8 heteroatoms. The molecule has 0 saturated carbocycles. The molecule has 33 heavy (non-hydrogen) atoms. The molecule has 0 bridgehead atoms. The van der Waals surface area contributed by atoms with Crippen LogP contribution in [0.3, 0.4) is 0 Å². The maximum absolute atomic E-state index is 10.5. The van der Waals surface area contributed by atoms with Crippen LogP contribution in [0.4, 0.5) is 0 Å². The molecule has 4 N–H and O–H groups in total. The molecular weight excluding hydrogens is 426 g/mol. The minimum atomic E-state index is -0.499. The Kier molecular flexibility index (Phi) is 9.05. The zero-order valence-electron chi connectivity index (χ0n) is 19.5. The van der Waals surface area contributed by atoms with Crippen molar-refractivity contribution >= 4 is 0 Å². The molecular formula is C25H35NO7. The third-order valence-corrected chi connectivity index (χ3v) is 5.82. The highest BCUT2D eigenvalue weighted by Gasteiger charge is 2.30. The van der Waals surface area contributed by atoms with Gasteiger partial charge in [0, 0.05) is 13.0 Å². The summed E-state index contributed by atoms with van der Waals surface area (Å²) >= 11 is 0.